The van der Waals surface area contributed by atoms with Gasteiger partial charge in [-0.25, -0.2) is 9.79 Å². The van der Waals surface area contributed by atoms with E-state index in [0.717, 1.165) is 16.7 Å². The van der Waals surface area contributed by atoms with Crippen LogP contribution in [0.15, 0.2) is 34.5 Å². The molecule has 1 amide bonds. The third-order valence-electron chi connectivity index (χ3n) is 4.21. The number of amides is 1. The van der Waals surface area contributed by atoms with Crippen molar-refractivity contribution in [2.45, 2.75) is 33.7 Å². The Bertz CT molecular complexity index is 782. The predicted octanol–water partition coefficient (Wildman–Crippen LogP) is 3.13. The summed E-state index contributed by atoms with van der Waals surface area (Å²) >= 11 is 1.41. The Morgan fingerprint density at radius 1 is 1.38 bits per heavy atom. The van der Waals surface area contributed by atoms with Crippen molar-refractivity contribution in [2.24, 2.45) is 4.99 Å². The van der Waals surface area contributed by atoms with Gasteiger partial charge in [-0.05, 0) is 38.8 Å². The Balaban J connectivity index is 2.20. The summed E-state index contributed by atoms with van der Waals surface area (Å²) in [5.74, 6) is -0.0869. The highest BCUT2D eigenvalue weighted by Gasteiger charge is 2.43. The van der Waals surface area contributed by atoms with E-state index in [1.165, 1.54) is 11.8 Å². The van der Waals surface area contributed by atoms with E-state index in [9.17, 15) is 9.59 Å². The lowest BCUT2D eigenvalue weighted by molar-refractivity contribution is -0.139. The van der Waals surface area contributed by atoms with Gasteiger partial charge in [0.15, 0.2) is 5.17 Å². The monoisotopic (exact) mass is 344 g/mol. The fraction of sp³-hybridized carbons (Fsp3) is 0.389. The summed E-state index contributed by atoms with van der Waals surface area (Å²) in [6.45, 7) is 7.86. The van der Waals surface area contributed by atoms with Gasteiger partial charge in [0.1, 0.15) is 0 Å². The molecule has 0 radical (unpaired) electrons. The van der Waals surface area contributed by atoms with Crippen LogP contribution in [0.25, 0.3) is 0 Å². The number of rotatable bonds is 3. The summed E-state index contributed by atoms with van der Waals surface area (Å²) in [6, 6.07) is 5.60. The maximum absolute atomic E-state index is 12.6. The van der Waals surface area contributed by atoms with Gasteiger partial charge in [0, 0.05) is 0 Å². The molecule has 1 saturated heterocycles. The van der Waals surface area contributed by atoms with E-state index in [2.05, 4.69) is 4.99 Å². The van der Waals surface area contributed by atoms with Gasteiger partial charge in [-0.3, -0.25) is 9.69 Å². The number of benzene rings is 1. The van der Waals surface area contributed by atoms with Crippen LogP contribution in [0, 0.1) is 13.8 Å². The molecular formula is C18H20N2O3S. The van der Waals surface area contributed by atoms with Crippen LogP contribution in [0.2, 0.25) is 0 Å². The minimum Gasteiger partial charge on any atom is -0.463 e. The molecule has 126 valence electrons. The van der Waals surface area contributed by atoms with Crippen LogP contribution < -0.4 is 0 Å². The van der Waals surface area contributed by atoms with E-state index in [1.54, 1.807) is 18.7 Å². The maximum Gasteiger partial charge on any atom is 0.338 e. The molecule has 5 nitrogen and oxygen atoms in total. The number of allylic oxidation sites excluding steroid dienone is 1. The molecule has 3 rings (SSSR count). The molecule has 1 aromatic carbocycles. The molecule has 0 N–H and O–H groups in total. The van der Waals surface area contributed by atoms with Crippen LogP contribution in [0.1, 0.15) is 36.6 Å². The van der Waals surface area contributed by atoms with Gasteiger partial charge in [0.25, 0.3) is 0 Å². The summed E-state index contributed by atoms with van der Waals surface area (Å²) in [4.78, 5) is 31.2. The number of hydrogen-bond donors (Lipinski definition) is 0. The molecule has 24 heavy (non-hydrogen) atoms. The van der Waals surface area contributed by atoms with Crippen molar-refractivity contribution in [1.29, 1.82) is 0 Å². The van der Waals surface area contributed by atoms with E-state index in [0.29, 0.717) is 22.2 Å². The Hall–Kier alpha value is -2.08. The zero-order chi connectivity index (χ0) is 17.4. The van der Waals surface area contributed by atoms with E-state index in [4.69, 9.17) is 4.74 Å². The Morgan fingerprint density at radius 3 is 2.83 bits per heavy atom. The zero-order valence-electron chi connectivity index (χ0n) is 14.3. The largest absolute Gasteiger partial charge is 0.463 e. The average Bonchev–Trinajstić information content (AvgIpc) is 2.89. The molecule has 2 aliphatic heterocycles. The van der Waals surface area contributed by atoms with Crippen molar-refractivity contribution >= 4 is 28.8 Å². The number of ether oxygens (including phenoxy) is 1. The number of aliphatic imine (C=N–C) groups is 1. The number of carbonyl (C=O) groups excluding carboxylic acids is 2. The second-order valence-corrected chi connectivity index (χ2v) is 6.87. The summed E-state index contributed by atoms with van der Waals surface area (Å²) in [6.07, 6.45) is 0. The average molecular weight is 344 g/mol. The molecule has 0 saturated carbocycles. The molecule has 0 aliphatic carbocycles. The number of amidine groups is 1. The lowest BCUT2D eigenvalue weighted by Gasteiger charge is -2.33. The fourth-order valence-corrected chi connectivity index (χ4v) is 4.00. The van der Waals surface area contributed by atoms with Crippen molar-refractivity contribution in [1.82, 2.24) is 4.90 Å². The highest BCUT2D eigenvalue weighted by Crippen LogP contribution is 2.42. The van der Waals surface area contributed by atoms with Crippen LogP contribution in [-0.4, -0.2) is 34.3 Å². The lowest BCUT2D eigenvalue weighted by Crippen LogP contribution is -2.40. The summed E-state index contributed by atoms with van der Waals surface area (Å²) < 4.78 is 5.25. The summed E-state index contributed by atoms with van der Waals surface area (Å²) in [5, 5.41) is 0.663. The third-order valence-corrected chi connectivity index (χ3v) is 5.15. The summed E-state index contributed by atoms with van der Waals surface area (Å²) in [7, 11) is 0. The number of carbonyl (C=O) groups is 2. The van der Waals surface area contributed by atoms with Crippen LogP contribution in [0.3, 0.4) is 0 Å². The molecule has 0 spiro atoms. The molecule has 2 heterocycles. The SMILES string of the molecule is CCOC(=O)C1=C(C)N=C2SCC(=O)N2C1c1cc(C)ccc1C. The van der Waals surface area contributed by atoms with Gasteiger partial charge in [-0.15, -0.1) is 0 Å². The van der Waals surface area contributed by atoms with Gasteiger partial charge in [-0.2, -0.15) is 0 Å². The second-order valence-electron chi connectivity index (χ2n) is 5.93. The Kier molecular flexibility index (Phi) is 4.49. The number of thioether (sulfide) groups is 1. The van der Waals surface area contributed by atoms with Gasteiger partial charge < -0.3 is 4.74 Å². The first-order valence-corrected chi connectivity index (χ1v) is 8.91. The third kappa shape index (κ3) is 2.75. The van der Waals surface area contributed by atoms with Crippen LogP contribution in [0.5, 0.6) is 0 Å². The molecule has 2 aliphatic rings. The molecule has 1 aromatic rings. The minimum absolute atomic E-state index is 0.0287. The minimum atomic E-state index is -0.473. The molecule has 1 unspecified atom stereocenters. The highest BCUT2D eigenvalue weighted by molar-refractivity contribution is 8.15. The molecule has 1 atom stereocenters. The van der Waals surface area contributed by atoms with Crippen molar-refractivity contribution in [3.05, 3.63) is 46.2 Å². The maximum atomic E-state index is 12.6. The molecular weight excluding hydrogens is 324 g/mol. The van der Waals surface area contributed by atoms with Crippen LogP contribution in [-0.2, 0) is 14.3 Å². The number of fused-ring (bicyclic) bond motifs is 1. The Morgan fingerprint density at radius 2 is 2.12 bits per heavy atom. The van der Waals surface area contributed by atoms with Crippen molar-refractivity contribution in [3.8, 4) is 0 Å². The quantitative estimate of drug-likeness (QED) is 0.791. The van der Waals surface area contributed by atoms with Crippen molar-refractivity contribution < 1.29 is 14.3 Å². The second kappa shape index (κ2) is 6.43. The van der Waals surface area contributed by atoms with Crippen molar-refractivity contribution in [2.75, 3.05) is 12.4 Å². The van der Waals surface area contributed by atoms with E-state index >= 15 is 0 Å². The number of esters is 1. The van der Waals surface area contributed by atoms with E-state index in [1.807, 2.05) is 32.0 Å². The topological polar surface area (TPSA) is 59.0 Å². The standard InChI is InChI=1S/C18H20N2O3S/c1-5-23-17(22)15-12(4)19-18-20(14(21)9-24-18)16(15)13-8-10(2)6-7-11(13)3/h6-8,16H,5,9H2,1-4H3. The van der Waals surface area contributed by atoms with Gasteiger partial charge in [0.2, 0.25) is 5.91 Å². The Labute approximate surface area is 145 Å². The number of nitrogens with zero attached hydrogens (tertiary/aromatic N) is 2. The molecule has 0 bridgehead atoms. The first-order chi connectivity index (χ1) is 11.4. The smallest absolute Gasteiger partial charge is 0.338 e. The number of aryl methyl sites for hydroxylation is 2. The zero-order valence-corrected chi connectivity index (χ0v) is 15.1. The predicted molar refractivity (Wildman–Crippen MR) is 94.7 cm³/mol. The fourth-order valence-electron chi connectivity index (χ4n) is 3.06. The first kappa shape index (κ1) is 16.8. The van der Waals surface area contributed by atoms with E-state index < -0.39 is 12.0 Å². The molecule has 0 aromatic heterocycles. The van der Waals surface area contributed by atoms with E-state index in [-0.39, 0.29) is 12.5 Å². The van der Waals surface area contributed by atoms with Gasteiger partial charge in [0.05, 0.1) is 29.7 Å². The molecule has 1 fully saturated rings. The summed E-state index contributed by atoms with van der Waals surface area (Å²) in [5.41, 5.74) is 4.13. The molecule has 6 heteroatoms. The first-order valence-electron chi connectivity index (χ1n) is 7.92. The normalized spacial score (nSPS) is 20.2. The van der Waals surface area contributed by atoms with Crippen LogP contribution >= 0.6 is 11.8 Å². The lowest BCUT2D eigenvalue weighted by atomic mass is 9.90. The highest BCUT2D eigenvalue weighted by atomic mass is 32.2. The van der Waals surface area contributed by atoms with Gasteiger partial charge >= 0.3 is 5.97 Å². The number of hydrogen-bond acceptors (Lipinski definition) is 5. The van der Waals surface area contributed by atoms with Crippen molar-refractivity contribution in [3.63, 3.8) is 0 Å². The van der Waals surface area contributed by atoms with Crippen LogP contribution in [0.4, 0.5) is 0 Å². The van der Waals surface area contributed by atoms with Gasteiger partial charge in [-0.1, -0.05) is 35.5 Å².